The molecule has 1 fully saturated rings. The Hall–Kier alpha value is -1.86. The Morgan fingerprint density at radius 1 is 1.29 bits per heavy atom. The lowest BCUT2D eigenvalue weighted by molar-refractivity contribution is -0.147. The number of benzene rings is 1. The Morgan fingerprint density at radius 3 is 2.53 bits per heavy atom. The van der Waals surface area contributed by atoms with Crippen molar-refractivity contribution >= 4 is 5.97 Å². The van der Waals surface area contributed by atoms with Crippen molar-refractivity contribution in [3.63, 3.8) is 0 Å². The number of carbonyl (C=O) groups is 1. The van der Waals surface area contributed by atoms with Gasteiger partial charge < -0.3 is 9.47 Å². The Morgan fingerprint density at radius 2 is 1.94 bits per heavy atom. The molecule has 0 bridgehead atoms. The van der Waals surface area contributed by atoms with Crippen LogP contribution in [0.4, 0.5) is 0 Å². The van der Waals surface area contributed by atoms with Crippen molar-refractivity contribution in [1.29, 1.82) is 5.26 Å². The van der Waals surface area contributed by atoms with E-state index in [1.807, 2.05) is 6.07 Å². The molecule has 2 rings (SSSR count). The number of rotatable bonds is 2. The first-order valence-electron chi connectivity index (χ1n) is 5.53. The van der Waals surface area contributed by atoms with Crippen molar-refractivity contribution in [2.24, 2.45) is 5.41 Å². The minimum Gasteiger partial charge on any atom is -0.425 e. The van der Waals surface area contributed by atoms with E-state index in [1.54, 1.807) is 24.3 Å². The summed E-state index contributed by atoms with van der Waals surface area (Å²) in [6.45, 7) is 0.856. The molecule has 1 saturated heterocycles. The molecule has 17 heavy (non-hydrogen) atoms. The van der Waals surface area contributed by atoms with Crippen LogP contribution in [0.3, 0.4) is 0 Å². The van der Waals surface area contributed by atoms with Gasteiger partial charge in [0.1, 0.15) is 5.75 Å². The van der Waals surface area contributed by atoms with Crippen LogP contribution in [-0.4, -0.2) is 19.2 Å². The summed E-state index contributed by atoms with van der Waals surface area (Å²) in [6, 6.07) is 10.9. The molecule has 0 spiro atoms. The van der Waals surface area contributed by atoms with Crippen LogP contribution < -0.4 is 4.74 Å². The molecule has 88 valence electrons. The zero-order chi connectivity index (χ0) is 12.1. The van der Waals surface area contributed by atoms with Crippen LogP contribution >= 0.6 is 0 Å². The molecule has 0 aliphatic carbocycles. The maximum atomic E-state index is 12.0. The summed E-state index contributed by atoms with van der Waals surface area (Å²) in [5.41, 5.74) is -1.05. The van der Waals surface area contributed by atoms with Gasteiger partial charge in [-0.15, -0.1) is 0 Å². The van der Waals surface area contributed by atoms with Gasteiger partial charge in [0.25, 0.3) is 0 Å². The van der Waals surface area contributed by atoms with Crippen LogP contribution in [0, 0.1) is 16.7 Å². The topological polar surface area (TPSA) is 59.3 Å². The predicted octanol–water partition coefficient (Wildman–Crippen LogP) is 1.91. The summed E-state index contributed by atoms with van der Waals surface area (Å²) in [4.78, 5) is 12.0. The molecule has 1 heterocycles. The molecule has 1 aliphatic rings. The third-order valence-electron chi connectivity index (χ3n) is 2.90. The first kappa shape index (κ1) is 11.6. The Bertz CT molecular complexity index is 430. The van der Waals surface area contributed by atoms with Gasteiger partial charge in [-0.05, 0) is 12.1 Å². The second kappa shape index (κ2) is 4.98. The fourth-order valence-electron chi connectivity index (χ4n) is 1.77. The highest BCUT2D eigenvalue weighted by atomic mass is 16.5. The Kier molecular flexibility index (Phi) is 3.40. The van der Waals surface area contributed by atoms with Crippen molar-refractivity contribution in [3.8, 4) is 11.8 Å². The maximum Gasteiger partial charge on any atom is 0.332 e. The summed E-state index contributed by atoms with van der Waals surface area (Å²) in [7, 11) is 0. The second-order valence-electron chi connectivity index (χ2n) is 4.01. The van der Waals surface area contributed by atoms with Gasteiger partial charge in [0.15, 0.2) is 5.41 Å². The number of ether oxygens (including phenoxy) is 2. The smallest absolute Gasteiger partial charge is 0.332 e. The van der Waals surface area contributed by atoms with E-state index in [-0.39, 0.29) is 0 Å². The van der Waals surface area contributed by atoms with Gasteiger partial charge in [0.2, 0.25) is 0 Å². The average Bonchev–Trinajstić information content (AvgIpc) is 2.40. The second-order valence-corrected chi connectivity index (χ2v) is 4.01. The molecule has 1 aromatic rings. The van der Waals surface area contributed by atoms with E-state index in [2.05, 4.69) is 6.07 Å². The van der Waals surface area contributed by atoms with E-state index in [0.29, 0.717) is 31.8 Å². The highest BCUT2D eigenvalue weighted by molar-refractivity contribution is 5.82. The molecular weight excluding hydrogens is 218 g/mol. The Labute approximate surface area is 99.8 Å². The fraction of sp³-hybridized carbons (Fsp3) is 0.385. The Balaban J connectivity index is 2.11. The molecule has 1 aromatic carbocycles. The van der Waals surface area contributed by atoms with Crippen molar-refractivity contribution in [1.82, 2.24) is 0 Å². The number of nitriles is 1. The standard InChI is InChI=1S/C13H13NO3/c14-10-13(6-8-16-9-7-13)12(15)17-11-4-2-1-3-5-11/h1-5H,6-9H2. The van der Waals surface area contributed by atoms with Gasteiger partial charge in [-0.3, -0.25) is 0 Å². The molecule has 0 saturated carbocycles. The minimum absolute atomic E-state index is 0.398. The molecule has 0 unspecified atom stereocenters. The normalized spacial score (nSPS) is 18.1. The van der Waals surface area contributed by atoms with Crippen LogP contribution in [-0.2, 0) is 9.53 Å². The van der Waals surface area contributed by atoms with Crippen LogP contribution in [0.1, 0.15) is 12.8 Å². The number of para-hydroxylation sites is 1. The minimum atomic E-state index is -1.05. The third kappa shape index (κ3) is 2.45. The van der Waals surface area contributed by atoms with E-state index in [0.717, 1.165) is 0 Å². The lowest BCUT2D eigenvalue weighted by Gasteiger charge is -2.28. The highest BCUT2D eigenvalue weighted by Gasteiger charge is 2.42. The van der Waals surface area contributed by atoms with E-state index >= 15 is 0 Å². The maximum absolute atomic E-state index is 12.0. The fourth-order valence-corrected chi connectivity index (χ4v) is 1.77. The molecule has 0 N–H and O–H groups in total. The highest BCUT2D eigenvalue weighted by Crippen LogP contribution is 2.31. The van der Waals surface area contributed by atoms with Gasteiger partial charge in [0.05, 0.1) is 6.07 Å². The summed E-state index contributed by atoms with van der Waals surface area (Å²) >= 11 is 0. The molecule has 4 heteroatoms. The third-order valence-corrected chi connectivity index (χ3v) is 2.90. The molecule has 0 atom stereocenters. The van der Waals surface area contributed by atoms with Crippen LogP contribution in [0.2, 0.25) is 0 Å². The van der Waals surface area contributed by atoms with Crippen molar-refractivity contribution in [2.75, 3.05) is 13.2 Å². The molecule has 0 amide bonds. The van der Waals surface area contributed by atoms with Crippen molar-refractivity contribution in [2.45, 2.75) is 12.8 Å². The average molecular weight is 231 g/mol. The number of hydrogen-bond acceptors (Lipinski definition) is 4. The number of hydrogen-bond donors (Lipinski definition) is 0. The van der Waals surface area contributed by atoms with Crippen molar-refractivity contribution in [3.05, 3.63) is 30.3 Å². The first-order valence-corrected chi connectivity index (χ1v) is 5.53. The van der Waals surface area contributed by atoms with Crippen LogP contribution in [0.25, 0.3) is 0 Å². The predicted molar refractivity (Wildman–Crippen MR) is 60.2 cm³/mol. The summed E-state index contributed by atoms with van der Waals surface area (Å²) in [5.74, 6) is -0.00637. The van der Waals surface area contributed by atoms with Gasteiger partial charge >= 0.3 is 5.97 Å². The molecule has 1 aliphatic heterocycles. The van der Waals surface area contributed by atoms with Crippen LogP contribution in [0.15, 0.2) is 30.3 Å². The van der Waals surface area contributed by atoms with Crippen molar-refractivity contribution < 1.29 is 14.3 Å². The SMILES string of the molecule is N#CC1(C(=O)Oc2ccccc2)CCOCC1. The lowest BCUT2D eigenvalue weighted by Crippen LogP contribution is -2.38. The van der Waals surface area contributed by atoms with Gasteiger partial charge in [-0.2, -0.15) is 5.26 Å². The molecule has 4 nitrogen and oxygen atoms in total. The summed E-state index contributed by atoms with van der Waals surface area (Å²) < 4.78 is 10.4. The monoisotopic (exact) mass is 231 g/mol. The summed E-state index contributed by atoms with van der Waals surface area (Å²) in [5, 5.41) is 9.18. The van der Waals surface area contributed by atoms with Gasteiger partial charge in [-0.25, -0.2) is 4.79 Å². The molecular formula is C13H13NO3. The number of carbonyl (C=O) groups excluding carboxylic acids is 1. The zero-order valence-corrected chi connectivity index (χ0v) is 9.39. The van der Waals surface area contributed by atoms with E-state index in [1.165, 1.54) is 0 Å². The van der Waals surface area contributed by atoms with E-state index in [9.17, 15) is 10.1 Å². The lowest BCUT2D eigenvalue weighted by atomic mass is 9.82. The molecule has 0 radical (unpaired) electrons. The van der Waals surface area contributed by atoms with Gasteiger partial charge in [0, 0.05) is 26.1 Å². The quantitative estimate of drug-likeness (QED) is 0.576. The van der Waals surface area contributed by atoms with E-state index in [4.69, 9.17) is 9.47 Å². The number of esters is 1. The first-order chi connectivity index (χ1) is 8.27. The zero-order valence-electron chi connectivity index (χ0n) is 9.39. The largest absolute Gasteiger partial charge is 0.425 e. The number of nitrogens with zero attached hydrogens (tertiary/aromatic N) is 1. The van der Waals surface area contributed by atoms with Crippen LogP contribution in [0.5, 0.6) is 5.75 Å². The van der Waals surface area contributed by atoms with E-state index < -0.39 is 11.4 Å². The molecule has 0 aromatic heterocycles. The summed E-state index contributed by atoms with van der Waals surface area (Å²) in [6.07, 6.45) is 0.796. The van der Waals surface area contributed by atoms with Gasteiger partial charge in [-0.1, -0.05) is 18.2 Å².